The summed E-state index contributed by atoms with van der Waals surface area (Å²) in [6, 6.07) is 0. The first-order valence-corrected chi connectivity index (χ1v) is 3.01. The van der Waals surface area contributed by atoms with E-state index in [9.17, 15) is 0 Å². The van der Waals surface area contributed by atoms with Gasteiger partial charge in [-0.3, -0.25) is 0 Å². The average molecular weight is 115 g/mol. The van der Waals surface area contributed by atoms with Crippen LogP contribution in [0.3, 0.4) is 0 Å². The maximum atomic E-state index is 3.72. The van der Waals surface area contributed by atoms with Crippen LogP contribution in [0.15, 0.2) is 4.40 Å². The molecule has 40 valence electrons. The van der Waals surface area contributed by atoms with Gasteiger partial charge in [-0.2, -0.15) is 0 Å². The highest BCUT2D eigenvalue weighted by atomic mass is 32.1. The molecule has 0 amide bonds. The molecule has 0 heterocycles. The van der Waals surface area contributed by atoms with Gasteiger partial charge in [-0.25, -0.2) is 4.40 Å². The quantitative estimate of drug-likeness (QED) is 0.394. The van der Waals surface area contributed by atoms with E-state index >= 15 is 0 Å². The summed E-state index contributed by atoms with van der Waals surface area (Å²) in [6.45, 7) is 0. The minimum atomic E-state index is 0.762. The number of hydrogen-bond donors (Lipinski definition) is 1. The van der Waals surface area contributed by atoms with Gasteiger partial charge in [0.1, 0.15) is 0 Å². The molecule has 0 bridgehead atoms. The summed E-state index contributed by atoms with van der Waals surface area (Å²) >= 11 is 3.72. The van der Waals surface area contributed by atoms with Crippen molar-refractivity contribution in [3.8, 4) is 0 Å². The van der Waals surface area contributed by atoms with Crippen molar-refractivity contribution in [2.75, 3.05) is 0 Å². The highest BCUT2D eigenvalue weighted by Crippen LogP contribution is 2.23. The van der Waals surface area contributed by atoms with Gasteiger partial charge in [0.2, 0.25) is 0 Å². The fraction of sp³-hybridized carbons (Fsp3) is 0.800. The van der Waals surface area contributed by atoms with Gasteiger partial charge in [-0.15, -0.1) is 0 Å². The minimum Gasteiger partial charge on any atom is -0.232 e. The number of nitrogens with zero attached hydrogens (tertiary/aromatic N) is 1. The monoisotopic (exact) mass is 115 g/mol. The van der Waals surface area contributed by atoms with Crippen molar-refractivity contribution in [2.45, 2.75) is 19.3 Å². The van der Waals surface area contributed by atoms with Crippen LogP contribution < -0.4 is 0 Å². The summed E-state index contributed by atoms with van der Waals surface area (Å²) < 4.78 is 3.63. The van der Waals surface area contributed by atoms with Crippen molar-refractivity contribution in [1.82, 2.24) is 0 Å². The fourth-order valence-electron chi connectivity index (χ4n) is 0.683. The van der Waals surface area contributed by atoms with Crippen LogP contribution in [-0.2, 0) is 0 Å². The molecule has 1 saturated carbocycles. The van der Waals surface area contributed by atoms with Crippen LogP contribution in [0.1, 0.15) is 19.3 Å². The molecular formula is C5H9NS. The van der Waals surface area contributed by atoms with Crippen LogP contribution in [0.25, 0.3) is 0 Å². The Morgan fingerprint density at radius 3 is 2.43 bits per heavy atom. The minimum absolute atomic E-state index is 0.762. The van der Waals surface area contributed by atoms with Crippen molar-refractivity contribution in [3.05, 3.63) is 0 Å². The first-order chi connectivity index (χ1) is 3.43. The highest BCUT2D eigenvalue weighted by Gasteiger charge is 2.13. The molecule has 0 saturated heterocycles. The van der Waals surface area contributed by atoms with Crippen LogP contribution in [0.4, 0.5) is 0 Å². The molecule has 0 aromatic heterocycles. The summed E-state index contributed by atoms with van der Waals surface area (Å²) in [5.41, 5.74) is 0. The first kappa shape index (κ1) is 5.16. The largest absolute Gasteiger partial charge is 0.232 e. The van der Waals surface area contributed by atoms with Crippen molar-refractivity contribution < 1.29 is 0 Å². The molecule has 1 nitrogen and oxygen atoms in total. The van der Waals surface area contributed by atoms with Gasteiger partial charge < -0.3 is 0 Å². The summed E-state index contributed by atoms with van der Waals surface area (Å²) in [5, 5.41) is 0. The van der Waals surface area contributed by atoms with Gasteiger partial charge >= 0.3 is 0 Å². The lowest BCUT2D eigenvalue weighted by atomic mass is 9.87. The van der Waals surface area contributed by atoms with E-state index in [-0.39, 0.29) is 0 Å². The van der Waals surface area contributed by atoms with Crippen molar-refractivity contribution in [3.63, 3.8) is 0 Å². The lowest BCUT2D eigenvalue weighted by molar-refractivity contribution is 0.421. The normalized spacial score (nSPS) is 23.0. The Morgan fingerprint density at radius 1 is 1.57 bits per heavy atom. The smallest absolute Gasteiger partial charge is 0.0154 e. The van der Waals surface area contributed by atoms with E-state index in [1.807, 2.05) is 6.21 Å². The Balaban J connectivity index is 2.14. The lowest BCUT2D eigenvalue weighted by Crippen LogP contribution is -2.11. The van der Waals surface area contributed by atoms with Crippen LogP contribution in [0.2, 0.25) is 0 Å². The Bertz CT molecular complexity index is 76.1. The topological polar surface area (TPSA) is 12.4 Å². The Hall–Kier alpha value is 0.0200. The van der Waals surface area contributed by atoms with E-state index in [0.29, 0.717) is 0 Å². The molecule has 1 fully saturated rings. The number of rotatable bonds is 1. The van der Waals surface area contributed by atoms with Crippen molar-refractivity contribution in [1.29, 1.82) is 0 Å². The van der Waals surface area contributed by atoms with Crippen molar-refractivity contribution in [2.24, 2.45) is 10.3 Å². The maximum absolute atomic E-state index is 3.72. The number of hydrogen-bond acceptors (Lipinski definition) is 2. The molecule has 0 aliphatic heterocycles. The fourth-order valence-corrected chi connectivity index (χ4v) is 0.872. The van der Waals surface area contributed by atoms with Gasteiger partial charge in [-0.1, -0.05) is 6.42 Å². The van der Waals surface area contributed by atoms with Gasteiger partial charge in [-0.05, 0) is 31.6 Å². The highest BCUT2D eigenvalue weighted by molar-refractivity contribution is 7.78. The lowest BCUT2D eigenvalue weighted by Gasteiger charge is -2.19. The SMILES string of the molecule is SN=CC1CCC1. The van der Waals surface area contributed by atoms with Crippen LogP contribution >= 0.6 is 12.8 Å². The van der Waals surface area contributed by atoms with Gasteiger partial charge in [0.05, 0.1) is 0 Å². The van der Waals surface area contributed by atoms with Gasteiger partial charge in [0.15, 0.2) is 0 Å². The second kappa shape index (κ2) is 2.36. The van der Waals surface area contributed by atoms with Gasteiger partial charge in [0.25, 0.3) is 0 Å². The Morgan fingerprint density at radius 2 is 2.29 bits per heavy atom. The third-order valence-corrected chi connectivity index (χ3v) is 1.56. The predicted octanol–water partition coefficient (Wildman–Crippen LogP) is 1.70. The molecule has 0 radical (unpaired) electrons. The molecular weight excluding hydrogens is 106 g/mol. The van der Waals surface area contributed by atoms with E-state index in [2.05, 4.69) is 17.2 Å². The maximum Gasteiger partial charge on any atom is 0.0154 e. The van der Waals surface area contributed by atoms with E-state index in [1.54, 1.807) is 0 Å². The van der Waals surface area contributed by atoms with Crippen LogP contribution in [-0.4, -0.2) is 6.21 Å². The molecule has 0 spiro atoms. The molecule has 1 aliphatic rings. The van der Waals surface area contributed by atoms with Crippen molar-refractivity contribution >= 4 is 19.0 Å². The summed E-state index contributed by atoms with van der Waals surface area (Å²) in [5.74, 6) is 0.762. The zero-order valence-corrected chi connectivity index (χ0v) is 5.06. The third kappa shape index (κ3) is 1.20. The van der Waals surface area contributed by atoms with Crippen LogP contribution in [0.5, 0.6) is 0 Å². The van der Waals surface area contributed by atoms with E-state index in [0.717, 1.165) is 5.92 Å². The van der Waals surface area contributed by atoms with E-state index in [4.69, 9.17) is 0 Å². The molecule has 0 aromatic carbocycles. The average Bonchev–Trinajstić information content (AvgIpc) is 1.55. The zero-order chi connectivity index (χ0) is 5.11. The molecule has 7 heavy (non-hydrogen) atoms. The molecule has 1 rings (SSSR count). The zero-order valence-electron chi connectivity index (χ0n) is 4.17. The van der Waals surface area contributed by atoms with E-state index < -0.39 is 0 Å². The second-order valence-electron chi connectivity index (χ2n) is 1.96. The summed E-state index contributed by atoms with van der Waals surface area (Å²) in [4.78, 5) is 0. The summed E-state index contributed by atoms with van der Waals surface area (Å²) in [7, 11) is 0. The molecule has 0 atom stereocenters. The standard InChI is InChI=1S/C5H9NS/c7-6-4-5-2-1-3-5/h4-5,7H,1-3H2. The molecule has 2 heteroatoms. The predicted molar refractivity (Wildman–Crippen MR) is 34.8 cm³/mol. The summed E-state index contributed by atoms with van der Waals surface area (Å²) in [6.07, 6.45) is 5.95. The Labute approximate surface area is 49.4 Å². The third-order valence-electron chi connectivity index (χ3n) is 1.43. The van der Waals surface area contributed by atoms with E-state index in [1.165, 1.54) is 19.3 Å². The first-order valence-electron chi connectivity index (χ1n) is 2.61. The molecule has 1 aliphatic carbocycles. The molecule has 0 unspecified atom stereocenters. The van der Waals surface area contributed by atoms with Gasteiger partial charge in [0, 0.05) is 6.21 Å². The second-order valence-corrected chi connectivity index (χ2v) is 2.19. The van der Waals surface area contributed by atoms with Crippen LogP contribution in [0, 0.1) is 5.92 Å². The molecule has 0 aromatic rings. The number of thiol groups is 1. The Kier molecular flexibility index (Phi) is 1.74. The molecule has 0 N–H and O–H groups in total.